The maximum absolute atomic E-state index is 11.3. The Hall–Kier alpha value is -2.18. The van der Waals surface area contributed by atoms with Gasteiger partial charge in [-0.05, 0) is 30.7 Å². The molecule has 0 bridgehead atoms. The topological polar surface area (TPSA) is 95.5 Å². The summed E-state index contributed by atoms with van der Waals surface area (Å²) in [7, 11) is 0. The molecule has 0 aliphatic rings. The van der Waals surface area contributed by atoms with Gasteiger partial charge in [-0.3, -0.25) is 20.2 Å². The van der Waals surface area contributed by atoms with Crippen LogP contribution in [0.3, 0.4) is 0 Å². The molecule has 146 valence electrons. The fourth-order valence-electron chi connectivity index (χ4n) is 3.00. The van der Waals surface area contributed by atoms with Gasteiger partial charge in [-0.15, -0.1) is 0 Å². The summed E-state index contributed by atoms with van der Waals surface area (Å²) in [6.07, 6.45) is 6.35. The van der Waals surface area contributed by atoms with E-state index >= 15 is 0 Å². The Morgan fingerprint density at radius 2 is 1.73 bits per heavy atom. The number of non-ortho nitro benzene ring substituents is 1. The summed E-state index contributed by atoms with van der Waals surface area (Å²) in [6.45, 7) is 8.41. The van der Waals surface area contributed by atoms with Gasteiger partial charge >= 0.3 is 5.69 Å². The molecule has 0 aromatic heterocycles. The third-order valence-corrected chi connectivity index (χ3v) is 4.77. The van der Waals surface area contributed by atoms with Crippen molar-refractivity contribution in [2.45, 2.75) is 72.3 Å². The molecule has 0 heterocycles. The van der Waals surface area contributed by atoms with E-state index in [2.05, 4.69) is 13.8 Å². The van der Waals surface area contributed by atoms with Gasteiger partial charge in [0.05, 0.1) is 15.9 Å². The minimum absolute atomic E-state index is 0.0981. The van der Waals surface area contributed by atoms with Gasteiger partial charge in [0.15, 0.2) is 5.75 Å². The number of unbranched alkanes of at least 4 members (excludes halogenated alkanes) is 1. The van der Waals surface area contributed by atoms with Crippen molar-refractivity contribution in [1.82, 2.24) is 0 Å². The predicted molar refractivity (Wildman–Crippen MR) is 102 cm³/mol. The molecule has 0 saturated heterocycles. The van der Waals surface area contributed by atoms with Crippen LogP contribution in [0.2, 0.25) is 0 Å². The first-order chi connectivity index (χ1) is 12.3. The molecule has 7 heteroatoms. The molecule has 0 saturated carbocycles. The van der Waals surface area contributed by atoms with Crippen molar-refractivity contribution in [2.75, 3.05) is 0 Å². The molecule has 1 aromatic rings. The van der Waals surface area contributed by atoms with Crippen LogP contribution in [0.5, 0.6) is 5.75 Å². The van der Waals surface area contributed by atoms with Crippen LogP contribution in [0, 0.1) is 32.1 Å². The monoisotopic (exact) mass is 366 g/mol. The van der Waals surface area contributed by atoms with Crippen molar-refractivity contribution in [3.05, 3.63) is 38.4 Å². The molecule has 2 unspecified atom stereocenters. The van der Waals surface area contributed by atoms with Gasteiger partial charge in [0.1, 0.15) is 6.10 Å². The number of nitro groups is 2. The van der Waals surface area contributed by atoms with Crippen molar-refractivity contribution in [3.8, 4) is 5.75 Å². The van der Waals surface area contributed by atoms with E-state index in [0.717, 1.165) is 25.3 Å². The lowest BCUT2D eigenvalue weighted by molar-refractivity contribution is -0.394. The second kappa shape index (κ2) is 10.7. The third kappa shape index (κ3) is 6.61. The zero-order valence-electron chi connectivity index (χ0n) is 16.1. The van der Waals surface area contributed by atoms with E-state index in [1.54, 1.807) is 0 Å². The van der Waals surface area contributed by atoms with Gasteiger partial charge in [0.2, 0.25) is 0 Å². The first-order valence-corrected chi connectivity index (χ1v) is 9.39. The van der Waals surface area contributed by atoms with E-state index in [4.69, 9.17) is 4.74 Å². The van der Waals surface area contributed by atoms with Crippen LogP contribution < -0.4 is 4.74 Å². The molecule has 0 N–H and O–H groups in total. The molecular formula is C19H30N2O5. The van der Waals surface area contributed by atoms with E-state index < -0.39 is 9.85 Å². The van der Waals surface area contributed by atoms with Gasteiger partial charge in [-0.25, -0.2) is 0 Å². The number of benzene rings is 1. The lowest BCUT2D eigenvalue weighted by Gasteiger charge is -2.24. The number of hydrogen-bond donors (Lipinski definition) is 0. The first-order valence-electron chi connectivity index (χ1n) is 9.39. The van der Waals surface area contributed by atoms with Crippen LogP contribution in [0.25, 0.3) is 0 Å². The number of nitrogens with zero attached hydrogens (tertiary/aromatic N) is 2. The maximum Gasteiger partial charge on any atom is 0.317 e. The number of ether oxygens (including phenoxy) is 1. The summed E-state index contributed by atoms with van der Waals surface area (Å²) in [5.74, 6) is 0.918. The van der Waals surface area contributed by atoms with Gasteiger partial charge < -0.3 is 4.74 Å². The number of nitro benzene ring substituents is 2. The fraction of sp³-hybridized carbons (Fsp3) is 0.684. The van der Waals surface area contributed by atoms with Crippen LogP contribution in [-0.2, 0) is 0 Å². The Labute approximate surface area is 155 Å². The predicted octanol–water partition coefficient (Wildman–Crippen LogP) is 5.90. The average Bonchev–Trinajstić information content (AvgIpc) is 2.60. The van der Waals surface area contributed by atoms with E-state index in [1.807, 2.05) is 13.8 Å². The quantitative estimate of drug-likeness (QED) is 0.339. The summed E-state index contributed by atoms with van der Waals surface area (Å²) >= 11 is 0. The van der Waals surface area contributed by atoms with Gasteiger partial charge in [0.25, 0.3) is 5.69 Å². The zero-order valence-corrected chi connectivity index (χ0v) is 16.1. The van der Waals surface area contributed by atoms with E-state index in [1.165, 1.54) is 31.4 Å². The number of hydrogen-bond acceptors (Lipinski definition) is 5. The molecule has 1 rings (SSSR count). The van der Waals surface area contributed by atoms with Crippen molar-refractivity contribution in [2.24, 2.45) is 11.8 Å². The van der Waals surface area contributed by atoms with Crippen molar-refractivity contribution >= 4 is 11.4 Å². The summed E-state index contributed by atoms with van der Waals surface area (Å²) in [5.41, 5.74) is -0.668. The van der Waals surface area contributed by atoms with Crippen LogP contribution in [0.15, 0.2) is 18.2 Å². The van der Waals surface area contributed by atoms with Crippen molar-refractivity contribution in [3.63, 3.8) is 0 Å². The highest BCUT2D eigenvalue weighted by Crippen LogP contribution is 2.33. The highest BCUT2D eigenvalue weighted by molar-refractivity contribution is 5.53. The Kier molecular flexibility index (Phi) is 9.02. The molecule has 0 aliphatic carbocycles. The van der Waals surface area contributed by atoms with E-state index in [0.29, 0.717) is 5.92 Å². The zero-order chi connectivity index (χ0) is 19.7. The van der Waals surface area contributed by atoms with Crippen LogP contribution in [0.4, 0.5) is 11.4 Å². The second-order valence-corrected chi connectivity index (χ2v) is 7.06. The van der Waals surface area contributed by atoms with Gasteiger partial charge in [-0.2, -0.15) is 0 Å². The average molecular weight is 366 g/mol. The van der Waals surface area contributed by atoms with Crippen LogP contribution >= 0.6 is 0 Å². The minimum atomic E-state index is -0.643. The molecule has 26 heavy (non-hydrogen) atoms. The molecule has 1 aromatic carbocycles. The van der Waals surface area contributed by atoms with Crippen LogP contribution in [0.1, 0.15) is 66.2 Å². The van der Waals surface area contributed by atoms with E-state index in [-0.39, 0.29) is 29.1 Å². The first kappa shape index (κ1) is 21.9. The van der Waals surface area contributed by atoms with Crippen molar-refractivity contribution < 1.29 is 14.6 Å². The lowest BCUT2D eigenvalue weighted by atomic mass is 9.90. The second-order valence-electron chi connectivity index (χ2n) is 7.06. The highest BCUT2D eigenvalue weighted by Gasteiger charge is 2.25. The summed E-state index contributed by atoms with van der Waals surface area (Å²) < 4.78 is 5.94. The Bertz CT molecular complexity index is 604. The van der Waals surface area contributed by atoms with Crippen molar-refractivity contribution in [1.29, 1.82) is 0 Å². The Morgan fingerprint density at radius 3 is 2.23 bits per heavy atom. The molecule has 0 aliphatic heterocycles. The van der Waals surface area contributed by atoms with E-state index in [9.17, 15) is 20.2 Å². The smallest absolute Gasteiger partial charge is 0.317 e. The Morgan fingerprint density at radius 1 is 1.04 bits per heavy atom. The minimum Gasteiger partial charge on any atom is -0.483 e. The third-order valence-electron chi connectivity index (χ3n) is 4.77. The van der Waals surface area contributed by atoms with Crippen LogP contribution in [-0.4, -0.2) is 16.0 Å². The summed E-state index contributed by atoms with van der Waals surface area (Å²) in [5, 5.41) is 22.1. The fourth-order valence-corrected chi connectivity index (χ4v) is 3.00. The van der Waals surface area contributed by atoms with Gasteiger partial charge in [0, 0.05) is 6.07 Å². The SMILES string of the molecule is CCCCC(CC)CCC(Oc1ccc([N+](=O)[O-])cc1[N+](=O)[O-])C(C)C. The maximum atomic E-state index is 11.3. The molecule has 0 radical (unpaired) electrons. The standard InChI is InChI=1S/C19H30N2O5/c1-5-7-8-15(6-2)9-11-18(14(3)4)26-19-12-10-16(20(22)23)13-17(19)21(24)25/h10,12-15,18H,5-9,11H2,1-4H3. The normalized spacial score (nSPS) is 13.4. The summed E-state index contributed by atoms with van der Waals surface area (Å²) in [4.78, 5) is 20.9. The molecule has 0 amide bonds. The molecular weight excluding hydrogens is 336 g/mol. The van der Waals surface area contributed by atoms with Gasteiger partial charge in [-0.1, -0.05) is 53.4 Å². The molecule has 7 nitrogen and oxygen atoms in total. The lowest BCUT2D eigenvalue weighted by Crippen LogP contribution is -2.24. The number of rotatable bonds is 12. The molecule has 2 atom stereocenters. The largest absolute Gasteiger partial charge is 0.483 e. The Balaban J connectivity index is 2.89. The molecule has 0 fully saturated rings. The summed E-state index contributed by atoms with van der Waals surface area (Å²) in [6, 6.07) is 3.54. The molecule has 0 spiro atoms. The highest BCUT2D eigenvalue weighted by atomic mass is 16.6.